The number of aliphatic imine (C=N–C) groups is 1. The van der Waals surface area contributed by atoms with Crippen molar-refractivity contribution in [1.82, 2.24) is 20.5 Å². The molecule has 2 heterocycles. The molecule has 0 aromatic carbocycles. The van der Waals surface area contributed by atoms with E-state index in [1.807, 2.05) is 0 Å². The van der Waals surface area contributed by atoms with Gasteiger partial charge in [0.15, 0.2) is 5.96 Å². The molecule has 6 nitrogen and oxygen atoms in total. The molecule has 0 spiro atoms. The average Bonchev–Trinajstić information content (AvgIpc) is 3.06. The highest BCUT2D eigenvalue weighted by Gasteiger charge is 2.21. The van der Waals surface area contributed by atoms with Gasteiger partial charge in [0.1, 0.15) is 5.01 Å². The summed E-state index contributed by atoms with van der Waals surface area (Å²) in [7, 11) is 0. The van der Waals surface area contributed by atoms with E-state index in [0.29, 0.717) is 12.5 Å². The van der Waals surface area contributed by atoms with Gasteiger partial charge in [0, 0.05) is 43.5 Å². The number of aromatic nitrogens is 1. The van der Waals surface area contributed by atoms with E-state index in [9.17, 15) is 0 Å². The first-order valence-electron chi connectivity index (χ1n) is 10.1. The molecule has 28 heavy (non-hydrogen) atoms. The molecule has 0 bridgehead atoms. The van der Waals surface area contributed by atoms with E-state index in [0.717, 1.165) is 56.0 Å². The number of nitrogens with zero attached hydrogens (tertiary/aromatic N) is 3. The van der Waals surface area contributed by atoms with Crippen LogP contribution in [0.1, 0.15) is 52.2 Å². The molecule has 0 saturated carbocycles. The second-order valence-corrected chi connectivity index (χ2v) is 9.54. The minimum atomic E-state index is 0. The van der Waals surface area contributed by atoms with E-state index in [1.54, 1.807) is 11.3 Å². The summed E-state index contributed by atoms with van der Waals surface area (Å²) in [5.74, 6) is 1.52. The molecular weight excluding hydrogens is 485 g/mol. The number of guanidine groups is 1. The van der Waals surface area contributed by atoms with E-state index < -0.39 is 0 Å². The molecule has 1 unspecified atom stereocenters. The van der Waals surface area contributed by atoms with E-state index in [-0.39, 0.29) is 35.5 Å². The first-order valence-corrected chi connectivity index (χ1v) is 11.0. The number of morpholine rings is 1. The van der Waals surface area contributed by atoms with Crippen molar-refractivity contribution < 1.29 is 4.74 Å². The normalized spacial score (nSPS) is 18.8. The maximum Gasteiger partial charge on any atom is 0.191 e. The fourth-order valence-corrected chi connectivity index (χ4v) is 3.96. The van der Waals surface area contributed by atoms with E-state index in [2.05, 4.69) is 62.5 Å². The zero-order valence-corrected chi connectivity index (χ0v) is 21.4. The first-order chi connectivity index (χ1) is 12.8. The van der Waals surface area contributed by atoms with Gasteiger partial charge in [-0.15, -0.1) is 35.3 Å². The third-order valence-corrected chi connectivity index (χ3v) is 5.21. The van der Waals surface area contributed by atoms with Gasteiger partial charge in [-0.25, -0.2) is 9.98 Å². The van der Waals surface area contributed by atoms with Crippen LogP contribution in [-0.4, -0.2) is 61.3 Å². The van der Waals surface area contributed by atoms with Crippen LogP contribution in [0.4, 0.5) is 0 Å². The molecule has 1 aromatic heterocycles. The van der Waals surface area contributed by atoms with Gasteiger partial charge in [0.05, 0.1) is 24.9 Å². The Morgan fingerprint density at radius 3 is 2.75 bits per heavy atom. The summed E-state index contributed by atoms with van der Waals surface area (Å²) in [5, 5.41) is 9.95. The monoisotopic (exact) mass is 523 g/mol. The number of hydrogen-bond acceptors (Lipinski definition) is 5. The summed E-state index contributed by atoms with van der Waals surface area (Å²) < 4.78 is 5.92. The zero-order valence-electron chi connectivity index (χ0n) is 18.2. The van der Waals surface area contributed by atoms with Crippen LogP contribution in [0, 0.1) is 5.92 Å². The summed E-state index contributed by atoms with van der Waals surface area (Å²) in [6.07, 6.45) is 0.203. The quantitative estimate of drug-likeness (QED) is 0.326. The summed E-state index contributed by atoms with van der Waals surface area (Å²) >= 11 is 1.68. The number of rotatable bonds is 7. The maximum absolute atomic E-state index is 5.92. The number of ether oxygens (including phenoxy) is 1. The number of halogens is 1. The number of hydrogen-bond donors (Lipinski definition) is 2. The largest absolute Gasteiger partial charge is 0.374 e. The summed E-state index contributed by atoms with van der Waals surface area (Å²) in [6, 6.07) is 0. The van der Waals surface area contributed by atoms with Crippen LogP contribution >= 0.6 is 35.3 Å². The van der Waals surface area contributed by atoms with Crippen LogP contribution in [0.15, 0.2) is 10.4 Å². The Morgan fingerprint density at radius 1 is 1.39 bits per heavy atom. The lowest BCUT2D eigenvalue weighted by Crippen LogP contribution is -2.50. The van der Waals surface area contributed by atoms with Crippen molar-refractivity contribution in [3.8, 4) is 0 Å². The van der Waals surface area contributed by atoms with Crippen molar-refractivity contribution >= 4 is 41.3 Å². The molecule has 1 atom stereocenters. The second kappa shape index (κ2) is 12.3. The molecule has 1 aromatic rings. The van der Waals surface area contributed by atoms with Crippen molar-refractivity contribution in [1.29, 1.82) is 0 Å². The van der Waals surface area contributed by atoms with Gasteiger partial charge in [0.25, 0.3) is 0 Å². The molecular formula is C20H38IN5OS. The second-order valence-electron chi connectivity index (χ2n) is 8.60. The Hall–Kier alpha value is -0.450. The van der Waals surface area contributed by atoms with Crippen molar-refractivity contribution in [3.05, 3.63) is 16.1 Å². The Kier molecular flexibility index (Phi) is 11.2. The minimum absolute atomic E-state index is 0. The minimum Gasteiger partial charge on any atom is -0.374 e. The summed E-state index contributed by atoms with van der Waals surface area (Å²) in [5.41, 5.74) is 1.22. The summed E-state index contributed by atoms with van der Waals surface area (Å²) in [4.78, 5) is 11.9. The molecule has 1 saturated heterocycles. The third kappa shape index (κ3) is 8.92. The number of thiazole rings is 1. The smallest absolute Gasteiger partial charge is 0.191 e. The predicted octanol–water partition coefficient (Wildman–Crippen LogP) is 3.47. The fourth-order valence-electron chi connectivity index (χ4n) is 3.01. The Bertz CT molecular complexity index is 600. The Labute approximate surface area is 192 Å². The molecule has 2 rings (SSSR count). The molecule has 8 heteroatoms. The van der Waals surface area contributed by atoms with Crippen LogP contribution in [0.25, 0.3) is 0 Å². The molecule has 1 aliphatic rings. The highest BCUT2D eigenvalue weighted by Crippen LogP contribution is 2.24. The zero-order chi connectivity index (χ0) is 19.9. The molecule has 1 aliphatic heterocycles. The van der Waals surface area contributed by atoms with Crippen LogP contribution in [0.5, 0.6) is 0 Å². The molecule has 2 N–H and O–H groups in total. The summed E-state index contributed by atoms with van der Waals surface area (Å²) in [6.45, 7) is 19.3. The Morgan fingerprint density at radius 2 is 2.14 bits per heavy atom. The van der Waals surface area contributed by atoms with Crippen LogP contribution in [0.2, 0.25) is 0 Å². The van der Waals surface area contributed by atoms with Gasteiger partial charge in [-0.2, -0.15) is 0 Å². The van der Waals surface area contributed by atoms with E-state index in [4.69, 9.17) is 14.7 Å². The van der Waals surface area contributed by atoms with Crippen LogP contribution in [-0.2, 0) is 16.7 Å². The number of nitrogens with one attached hydrogen (secondary N) is 2. The topological polar surface area (TPSA) is 61.8 Å². The SMILES string of the molecule is CCNC(=NCc1nc(C(C)(C)C)cs1)NCC1CN(CC(C)C)CCO1.I. The first kappa shape index (κ1) is 25.6. The highest BCUT2D eigenvalue weighted by atomic mass is 127. The van der Waals surface area contributed by atoms with Crippen molar-refractivity contribution in [3.63, 3.8) is 0 Å². The highest BCUT2D eigenvalue weighted by molar-refractivity contribution is 14.0. The van der Waals surface area contributed by atoms with E-state index >= 15 is 0 Å². The van der Waals surface area contributed by atoms with Gasteiger partial charge in [0.2, 0.25) is 0 Å². The molecule has 0 amide bonds. The molecule has 0 aliphatic carbocycles. The van der Waals surface area contributed by atoms with Crippen molar-refractivity contribution in [2.75, 3.05) is 39.3 Å². The fraction of sp³-hybridized carbons (Fsp3) is 0.800. The Balaban J connectivity index is 0.00000392. The lowest BCUT2D eigenvalue weighted by Gasteiger charge is -2.34. The predicted molar refractivity (Wildman–Crippen MR) is 130 cm³/mol. The maximum atomic E-state index is 5.92. The van der Waals surface area contributed by atoms with Gasteiger partial charge < -0.3 is 15.4 Å². The average molecular weight is 524 g/mol. The molecule has 0 radical (unpaired) electrons. The van der Waals surface area contributed by atoms with Gasteiger partial charge in [-0.05, 0) is 12.8 Å². The third-order valence-electron chi connectivity index (χ3n) is 4.38. The van der Waals surface area contributed by atoms with Crippen LogP contribution in [0.3, 0.4) is 0 Å². The lowest BCUT2D eigenvalue weighted by atomic mass is 9.93. The standard InChI is InChI=1S/C20H37N5OS.HI/c1-7-21-19(23-11-18-24-17(14-27-18)20(4,5)6)22-10-16-13-25(8-9-26-16)12-15(2)3;/h14-16H,7-13H2,1-6H3,(H2,21,22,23);1H. The van der Waals surface area contributed by atoms with E-state index in [1.165, 1.54) is 0 Å². The molecule has 1 fully saturated rings. The van der Waals surface area contributed by atoms with Gasteiger partial charge in [-0.3, -0.25) is 4.90 Å². The van der Waals surface area contributed by atoms with Crippen molar-refractivity contribution in [2.45, 2.75) is 59.6 Å². The van der Waals surface area contributed by atoms with Crippen molar-refractivity contribution in [2.24, 2.45) is 10.9 Å². The van der Waals surface area contributed by atoms with Gasteiger partial charge >= 0.3 is 0 Å². The van der Waals surface area contributed by atoms with Gasteiger partial charge in [-0.1, -0.05) is 34.6 Å². The van der Waals surface area contributed by atoms with Crippen LogP contribution < -0.4 is 10.6 Å². The molecule has 162 valence electrons. The lowest BCUT2D eigenvalue weighted by molar-refractivity contribution is -0.0284.